The highest BCUT2D eigenvalue weighted by atomic mass is 32.2. The Balaban J connectivity index is 2.20. The van der Waals surface area contributed by atoms with Crippen molar-refractivity contribution in [3.63, 3.8) is 0 Å². The lowest BCUT2D eigenvalue weighted by Crippen LogP contribution is -2.40. The lowest BCUT2D eigenvalue weighted by molar-refractivity contribution is -0.140. The van der Waals surface area contributed by atoms with Crippen LogP contribution >= 0.6 is 11.3 Å². The highest BCUT2D eigenvalue weighted by Crippen LogP contribution is 2.30. The van der Waals surface area contributed by atoms with Crippen molar-refractivity contribution in [2.75, 3.05) is 6.54 Å². The van der Waals surface area contributed by atoms with Gasteiger partial charge in [0.25, 0.3) is 10.0 Å². The molecule has 9 heteroatoms. The number of sulfonamides is 1. The third kappa shape index (κ3) is 3.42. The Morgan fingerprint density at radius 3 is 2.81 bits per heavy atom. The van der Waals surface area contributed by atoms with Crippen molar-refractivity contribution < 1.29 is 23.1 Å². The Bertz CT molecular complexity index is 652. The molecular weight excluding hydrogens is 316 g/mol. The van der Waals surface area contributed by atoms with Crippen LogP contribution in [0.1, 0.15) is 24.6 Å². The van der Waals surface area contributed by atoms with Gasteiger partial charge in [-0.2, -0.15) is 4.31 Å². The summed E-state index contributed by atoms with van der Waals surface area (Å²) >= 11 is 1.05. The molecule has 1 aromatic rings. The number of aliphatic carboxylic acids is 1. The van der Waals surface area contributed by atoms with Gasteiger partial charge in [-0.15, -0.1) is 11.3 Å². The van der Waals surface area contributed by atoms with E-state index in [1.165, 1.54) is 13.0 Å². The van der Waals surface area contributed by atoms with Crippen LogP contribution in [0.4, 0.5) is 0 Å². The van der Waals surface area contributed by atoms with Gasteiger partial charge in [0.1, 0.15) is 10.3 Å². The van der Waals surface area contributed by atoms with Crippen molar-refractivity contribution in [3.05, 3.63) is 17.0 Å². The van der Waals surface area contributed by atoms with Gasteiger partial charge < -0.3 is 10.4 Å². The van der Waals surface area contributed by atoms with Crippen LogP contribution < -0.4 is 5.32 Å². The number of hydrogen-bond acceptors (Lipinski definition) is 5. The third-order valence-corrected chi connectivity index (χ3v) is 6.66. The summed E-state index contributed by atoms with van der Waals surface area (Å²) in [6.07, 6.45) is 0.874. The first kappa shape index (κ1) is 15.9. The molecule has 0 bridgehead atoms. The molecule has 1 aromatic heterocycles. The van der Waals surface area contributed by atoms with Crippen molar-refractivity contribution in [3.8, 4) is 0 Å². The van der Waals surface area contributed by atoms with E-state index in [1.807, 2.05) is 0 Å². The quantitative estimate of drug-likeness (QED) is 0.823. The van der Waals surface area contributed by atoms with Crippen LogP contribution in [0.3, 0.4) is 0 Å². The first-order chi connectivity index (χ1) is 9.82. The van der Waals surface area contributed by atoms with Gasteiger partial charge in [0.15, 0.2) is 0 Å². The van der Waals surface area contributed by atoms with E-state index in [4.69, 9.17) is 5.11 Å². The summed E-state index contributed by atoms with van der Waals surface area (Å²) in [6, 6.07) is 2.09. The van der Waals surface area contributed by atoms with E-state index in [-0.39, 0.29) is 23.2 Å². The van der Waals surface area contributed by atoms with Gasteiger partial charge in [-0.3, -0.25) is 9.59 Å². The molecule has 0 aliphatic carbocycles. The lowest BCUT2D eigenvalue weighted by atomic mass is 10.2. The van der Waals surface area contributed by atoms with E-state index in [2.05, 4.69) is 5.32 Å². The third-order valence-electron chi connectivity index (χ3n) is 3.20. The molecule has 7 nitrogen and oxygen atoms in total. The number of amides is 1. The number of carboxylic acids is 1. The first-order valence-corrected chi connectivity index (χ1v) is 8.66. The highest BCUT2D eigenvalue weighted by Gasteiger charge is 2.40. The predicted molar refractivity (Wildman–Crippen MR) is 76.4 cm³/mol. The Kier molecular flexibility index (Phi) is 4.64. The van der Waals surface area contributed by atoms with Crippen molar-refractivity contribution in [2.45, 2.75) is 36.6 Å². The van der Waals surface area contributed by atoms with Crippen LogP contribution in [-0.2, 0) is 26.2 Å². The smallest absolute Gasteiger partial charge is 0.322 e. The zero-order valence-electron chi connectivity index (χ0n) is 11.4. The van der Waals surface area contributed by atoms with Crippen molar-refractivity contribution in [1.82, 2.24) is 9.62 Å². The Hall–Kier alpha value is -1.45. The zero-order valence-corrected chi connectivity index (χ0v) is 13.0. The number of rotatable bonds is 5. The molecule has 0 unspecified atom stereocenters. The molecule has 0 radical (unpaired) electrons. The number of hydrogen-bond donors (Lipinski definition) is 2. The molecule has 0 saturated carbocycles. The molecular formula is C12H16N2O5S2. The Labute approximate surface area is 126 Å². The second-order valence-electron chi connectivity index (χ2n) is 4.74. The second-order valence-corrected chi connectivity index (χ2v) is 8.03. The van der Waals surface area contributed by atoms with Gasteiger partial charge in [-0.05, 0) is 25.0 Å². The molecule has 1 amide bonds. The van der Waals surface area contributed by atoms with Crippen LogP contribution in [0.25, 0.3) is 0 Å². The largest absolute Gasteiger partial charge is 0.480 e. The van der Waals surface area contributed by atoms with Crippen LogP contribution in [-0.4, -0.2) is 42.3 Å². The van der Waals surface area contributed by atoms with Gasteiger partial charge in [0, 0.05) is 18.3 Å². The molecule has 1 aliphatic heterocycles. The summed E-state index contributed by atoms with van der Waals surface area (Å²) in [5.41, 5.74) is 0. The average Bonchev–Trinajstić information content (AvgIpc) is 3.05. The number of thiophene rings is 1. The number of nitrogens with zero attached hydrogens (tertiary/aromatic N) is 1. The van der Waals surface area contributed by atoms with Gasteiger partial charge in [-0.1, -0.05) is 0 Å². The van der Waals surface area contributed by atoms with Crippen LogP contribution in [0.5, 0.6) is 0 Å². The van der Waals surface area contributed by atoms with E-state index in [9.17, 15) is 18.0 Å². The summed E-state index contributed by atoms with van der Waals surface area (Å²) in [5, 5.41) is 11.7. The monoisotopic (exact) mass is 332 g/mol. The average molecular weight is 332 g/mol. The summed E-state index contributed by atoms with van der Waals surface area (Å²) in [4.78, 5) is 22.7. The maximum Gasteiger partial charge on any atom is 0.322 e. The Morgan fingerprint density at radius 2 is 2.19 bits per heavy atom. The lowest BCUT2D eigenvalue weighted by Gasteiger charge is -2.19. The fraction of sp³-hybridized carbons (Fsp3) is 0.500. The first-order valence-electron chi connectivity index (χ1n) is 6.40. The summed E-state index contributed by atoms with van der Waals surface area (Å²) in [5.74, 6) is -1.32. The fourth-order valence-corrected chi connectivity index (χ4v) is 5.27. The van der Waals surface area contributed by atoms with E-state index < -0.39 is 22.0 Å². The second kappa shape index (κ2) is 6.12. The molecule has 1 aliphatic rings. The molecule has 2 N–H and O–H groups in total. The Morgan fingerprint density at radius 1 is 1.48 bits per heavy atom. The van der Waals surface area contributed by atoms with E-state index in [0.717, 1.165) is 15.6 Å². The van der Waals surface area contributed by atoms with Gasteiger partial charge in [0.05, 0.1) is 6.54 Å². The van der Waals surface area contributed by atoms with Crippen LogP contribution in [0.15, 0.2) is 16.3 Å². The standard InChI is InChI=1S/C12H16N2O5S2/c1-8(15)13-7-9-4-5-11(20-9)21(18,19)14-6-2-3-10(14)12(16)17/h4-5,10H,2-3,6-7H2,1H3,(H,13,15)(H,16,17)/t10-/m0/s1. The molecule has 0 spiro atoms. The molecule has 1 fully saturated rings. The maximum absolute atomic E-state index is 12.5. The minimum atomic E-state index is -3.79. The SMILES string of the molecule is CC(=O)NCc1ccc(S(=O)(=O)N2CCC[C@H]2C(=O)O)s1. The van der Waals surface area contributed by atoms with Crippen LogP contribution in [0.2, 0.25) is 0 Å². The van der Waals surface area contributed by atoms with Crippen molar-refractivity contribution in [1.29, 1.82) is 0 Å². The number of nitrogens with one attached hydrogen (secondary N) is 1. The maximum atomic E-state index is 12.5. The number of carboxylic acid groups (broad SMARTS) is 1. The summed E-state index contributed by atoms with van der Waals surface area (Å²) in [7, 11) is -3.79. The number of carbonyl (C=O) groups excluding carboxylic acids is 1. The minimum absolute atomic E-state index is 0.107. The van der Waals surface area contributed by atoms with Crippen LogP contribution in [0, 0.1) is 0 Å². The highest BCUT2D eigenvalue weighted by molar-refractivity contribution is 7.91. The van der Waals surface area contributed by atoms with Crippen molar-refractivity contribution >= 4 is 33.2 Å². The van der Waals surface area contributed by atoms with Crippen molar-refractivity contribution in [2.24, 2.45) is 0 Å². The van der Waals surface area contributed by atoms with Gasteiger partial charge >= 0.3 is 5.97 Å². The van der Waals surface area contributed by atoms with E-state index >= 15 is 0 Å². The molecule has 2 heterocycles. The minimum Gasteiger partial charge on any atom is -0.480 e. The number of carbonyl (C=O) groups is 2. The molecule has 1 saturated heterocycles. The van der Waals surface area contributed by atoms with Gasteiger partial charge in [-0.25, -0.2) is 8.42 Å². The molecule has 116 valence electrons. The summed E-state index contributed by atoms with van der Waals surface area (Å²) in [6.45, 7) is 1.86. The molecule has 21 heavy (non-hydrogen) atoms. The molecule has 2 rings (SSSR count). The molecule has 1 atom stereocenters. The molecule has 0 aromatic carbocycles. The van der Waals surface area contributed by atoms with E-state index in [1.54, 1.807) is 6.07 Å². The topological polar surface area (TPSA) is 104 Å². The van der Waals surface area contributed by atoms with Gasteiger partial charge in [0.2, 0.25) is 5.91 Å². The normalized spacial score (nSPS) is 19.6. The predicted octanol–water partition coefficient (Wildman–Crippen LogP) is 0.622. The summed E-state index contributed by atoms with van der Waals surface area (Å²) < 4.78 is 26.1. The van der Waals surface area contributed by atoms with E-state index in [0.29, 0.717) is 17.7 Å². The fourth-order valence-electron chi connectivity index (χ4n) is 2.19. The zero-order chi connectivity index (χ0) is 15.6.